The Hall–Kier alpha value is -2.18. The van der Waals surface area contributed by atoms with Gasteiger partial charge < -0.3 is 4.74 Å². The van der Waals surface area contributed by atoms with Crippen molar-refractivity contribution in [1.82, 2.24) is 4.72 Å². The molecule has 0 aliphatic rings. The highest BCUT2D eigenvalue weighted by Gasteiger charge is 2.22. The molecule has 0 bridgehead atoms. The largest absolute Gasteiger partial charge is 0.461 e. The minimum Gasteiger partial charge on any atom is -0.461 e. The summed E-state index contributed by atoms with van der Waals surface area (Å²) in [6.07, 6.45) is -0.0189. The summed E-state index contributed by atoms with van der Waals surface area (Å²) in [5.74, 6) is -0.439. The lowest BCUT2D eigenvalue weighted by Gasteiger charge is -2.16. The highest BCUT2D eigenvalue weighted by molar-refractivity contribution is 7.89. The van der Waals surface area contributed by atoms with Gasteiger partial charge in [0.2, 0.25) is 10.0 Å². The van der Waals surface area contributed by atoms with Gasteiger partial charge in [-0.2, -0.15) is 0 Å². The predicted octanol–water partition coefficient (Wildman–Crippen LogP) is 3.33. The number of rotatable bonds is 7. The molecule has 0 aliphatic carbocycles. The van der Waals surface area contributed by atoms with Crippen molar-refractivity contribution < 1.29 is 17.9 Å². The fourth-order valence-electron chi connectivity index (χ4n) is 2.75. The van der Waals surface area contributed by atoms with E-state index in [1.54, 1.807) is 13.8 Å². The molecule has 0 heterocycles. The van der Waals surface area contributed by atoms with E-state index >= 15 is 0 Å². The normalized spacial score (nSPS) is 11.4. The minimum atomic E-state index is -3.69. The Bertz CT molecular complexity index is 864. The first-order valence-corrected chi connectivity index (χ1v) is 9.97. The number of hydrogen-bond acceptors (Lipinski definition) is 4. The van der Waals surface area contributed by atoms with Gasteiger partial charge in [0.25, 0.3) is 0 Å². The van der Waals surface area contributed by atoms with Crippen LogP contribution in [0.3, 0.4) is 0 Å². The maximum Gasteiger partial charge on any atom is 0.307 e. The molecule has 2 aromatic carbocycles. The van der Waals surface area contributed by atoms with Crippen molar-refractivity contribution >= 4 is 16.0 Å². The summed E-state index contributed by atoms with van der Waals surface area (Å²) in [7, 11) is -3.69. The molecule has 2 rings (SSSR count). The summed E-state index contributed by atoms with van der Waals surface area (Å²) in [6, 6.07) is 11.3. The molecule has 5 nitrogen and oxygen atoms in total. The predicted molar refractivity (Wildman–Crippen MR) is 101 cm³/mol. The van der Waals surface area contributed by atoms with Crippen LogP contribution < -0.4 is 4.72 Å². The number of hydrogen-bond donors (Lipinski definition) is 1. The monoisotopic (exact) mass is 375 g/mol. The van der Waals surface area contributed by atoms with E-state index in [9.17, 15) is 13.2 Å². The summed E-state index contributed by atoms with van der Waals surface area (Å²) in [4.78, 5) is 12.1. The molecule has 140 valence electrons. The van der Waals surface area contributed by atoms with Gasteiger partial charge in [0.1, 0.15) is 6.61 Å². The summed E-state index contributed by atoms with van der Waals surface area (Å²) in [5, 5.41) is 0. The van der Waals surface area contributed by atoms with Gasteiger partial charge in [-0.15, -0.1) is 0 Å². The Morgan fingerprint density at radius 2 is 1.58 bits per heavy atom. The molecule has 1 N–H and O–H groups in total. The summed E-state index contributed by atoms with van der Waals surface area (Å²) >= 11 is 0. The first-order chi connectivity index (χ1) is 12.2. The zero-order valence-electron chi connectivity index (χ0n) is 15.6. The number of ether oxygens (including phenoxy) is 1. The van der Waals surface area contributed by atoms with Crippen LogP contribution in [0.4, 0.5) is 0 Å². The second kappa shape index (κ2) is 8.47. The number of nitrogens with one attached hydrogen (secondary N) is 1. The second-order valence-corrected chi connectivity index (χ2v) is 8.09. The lowest BCUT2D eigenvalue weighted by atomic mass is 10.0. The van der Waals surface area contributed by atoms with Crippen molar-refractivity contribution in [3.63, 3.8) is 0 Å². The topological polar surface area (TPSA) is 72.5 Å². The second-order valence-electron chi connectivity index (χ2n) is 6.38. The summed E-state index contributed by atoms with van der Waals surface area (Å²) in [6.45, 7) is 7.56. The first kappa shape index (κ1) is 20.1. The zero-order valence-corrected chi connectivity index (χ0v) is 16.4. The Balaban J connectivity index is 1.96. The molecule has 26 heavy (non-hydrogen) atoms. The number of sulfonamides is 1. The summed E-state index contributed by atoms with van der Waals surface area (Å²) in [5.41, 5.74) is 4.20. The van der Waals surface area contributed by atoms with E-state index in [1.807, 2.05) is 50.2 Å². The molecular formula is C20H25NO4S. The number of carbonyl (C=O) groups excluding carboxylic acids is 1. The molecule has 6 heteroatoms. The lowest BCUT2D eigenvalue weighted by molar-refractivity contribution is -0.144. The van der Waals surface area contributed by atoms with Gasteiger partial charge in [-0.3, -0.25) is 4.79 Å². The number of carbonyl (C=O) groups is 1. The number of esters is 1. The number of aryl methyl sites for hydroxylation is 2. The Morgan fingerprint density at radius 1 is 1.00 bits per heavy atom. The standard InChI is InChI=1S/C20H25NO4S/c1-14-12-15(2)17(4)20(16(14)3)26(23,24)21-11-10-19(22)25-13-18-8-6-5-7-9-18/h5-9,12,21H,10-11,13H2,1-4H3. The molecule has 0 aliphatic heterocycles. The molecule has 0 unspecified atom stereocenters. The molecule has 0 amide bonds. The quantitative estimate of drug-likeness (QED) is 0.754. The van der Waals surface area contributed by atoms with Crippen LogP contribution in [0, 0.1) is 27.7 Å². The molecule has 0 saturated heterocycles. The molecular weight excluding hydrogens is 350 g/mol. The average Bonchev–Trinajstić information content (AvgIpc) is 2.59. The van der Waals surface area contributed by atoms with E-state index < -0.39 is 16.0 Å². The maximum absolute atomic E-state index is 12.7. The number of benzene rings is 2. The van der Waals surface area contributed by atoms with Crippen LogP contribution in [0.5, 0.6) is 0 Å². The Morgan fingerprint density at radius 3 is 2.15 bits per heavy atom. The SMILES string of the molecule is Cc1cc(C)c(C)c(S(=O)(=O)NCCC(=O)OCc2ccccc2)c1C. The van der Waals surface area contributed by atoms with E-state index in [2.05, 4.69) is 4.72 Å². The van der Waals surface area contributed by atoms with E-state index in [0.29, 0.717) is 4.90 Å². The van der Waals surface area contributed by atoms with Crippen LogP contribution in [0.25, 0.3) is 0 Å². The smallest absolute Gasteiger partial charge is 0.307 e. The molecule has 0 fully saturated rings. The van der Waals surface area contributed by atoms with Crippen molar-refractivity contribution in [3.8, 4) is 0 Å². The third-order valence-electron chi connectivity index (χ3n) is 4.43. The fraction of sp³-hybridized carbons (Fsp3) is 0.350. The van der Waals surface area contributed by atoms with Crippen LogP contribution in [0.2, 0.25) is 0 Å². The Labute approximate surface area is 155 Å². The third-order valence-corrected chi connectivity index (χ3v) is 6.16. The highest BCUT2D eigenvalue weighted by Crippen LogP contribution is 2.25. The Kier molecular flexibility index (Phi) is 6.56. The van der Waals surface area contributed by atoms with Gasteiger partial charge in [-0.05, 0) is 55.5 Å². The van der Waals surface area contributed by atoms with Gasteiger partial charge >= 0.3 is 5.97 Å². The van der Waals surface area contributed by atoms with Crippen LogP contribution in [0.15, 0.2) is 41.3 Å². The average molecular weight is 375 g/mol. The van der Waals surface area contributed by atoms with E-state index in [1.165, 1.54) is 0 Å². The highest BCUT2D eigenvalue weighted by atomic mass is 32.2. The van der Waals surface area contributed by atoms with Crippen molar-refractivity contribution in [1.29, 1.82) is 0 Å². The molecule has 0 saturated carbocycles. The van der Waals surface area contributed by atoms with Crippen molar-refractivity contribution in [2.75, 3.05) is 6.54 Å². The molecule has 0 spiro atoms. The van der Waals surface area contributed by atoms with Gasteiger partial charge in [0, 0.05) is 6.54 Å². The van der Waals surface area contributed by atoms with Gasteiger partial charge in [0.05, 0.1) is 11.3 Å². The van der Waals surface area contributed by atoms with E-state index in [-0.39, 0.29) is 19.6 Å². The van der Waals surface area contributed by atoms with Crippen LogP contribution in [-0.2, 0) is 26.2 Å². The maximum atomic E-state index is 12.7. The molecule has 0 radical (unpaired) electrons. The molecule has 0 aromatic heterocycles. The summed E-state index contributed by atoms with van der Waals surface area (Å²) < 4.78 is 33.0. The van der Waals surface area contributed by atoms with Crippen molar-refractivity contribution in [2.45, 2.75) is 45.6 Å². The van der Waals surface area contributed by atoms with Crippen LogP contribution in [0.1, 0.15) is 34.2 Å². The van der Waals surface area contributed by atoms with Crippen molar-refractivity contribution in [2.24, 2.45) is 0 Å². The zero-order chi connectivity index (χ0) is 19.3. The van der Waals surface area contributed by atoms with E-state index in [4.69, 9.17) is 4.74 Å². The van der Waals surface area contributed by atoms with Gasteiger partial charge in [0.15, 0.2) is 0 Å². The fourth-order valence-corrected chi connectivity index (χ4v) is 4.40. The van der Waals surface area contributed by atoms with Gasteiger partial charge in [-0.1, -0.05) is 36.4 Å². The van der Waals surface area contributed by atoms with Gasteiger partial charge in [-0.25, -0.2) is 13.1 Å². The minimum absolute atomic E-state index is 0.00181. The first-order valence-electron chi connectivity index (χ1n) is 8.49. The molecule has 2 aromatic rings. The lowest BCUT2D eigenvalue weighted by Crippen LogP contribution is -2.28. The third kappa shape index (κ3) is 4.93. The molecule has 0 atom stereocenters. The van der Waals surface area contributed by atoms with Crippen molar-refractivity contribution in [3.05, 3.63) is 64.2 Å². The van der Waals surface area contributed by atoms with Crippen LogP contribution in [-0.4, -0.2) is 20.9 Å². The van der Waals surface area contributed by atoms with E-state index in [0.717, 1.165) is 27.8 Å². The van der Waals surface area contributed by atoms with Crippen LogP contribution >= 0.6 is 0 Å².